The van der Waals surface area contributed by atoms with Crippen molar-refractivity contribution in [2.75, 3.05) is 18.6 Å². The molecule has 0 saturated heterocycles. The van der Waals surface area contributed by atoms with Crippen molar-refractivity contribution in [3.05, 3.63) is 35.3 Å². The van der Waals surface area contributed by atoms with Crippen LogP contribution in [-0.4, -0.2) is 30.2 Å². The van der Waals surface area contributed by atoms with Gasteiger partial charge in [-0.3, -0.25) is 4.79 Å². The van der Waals surface area contributed by atoms with Crippen LogP contribution in [0.1, 0.15) is 12.0 Å². The molecule has 1 aromatic heterocycles. The zero-order valence-electron chi connectivity index (χ0n) is 13.8. The molecular formula is C15H17F2N5OS3. The Kier molecular flexibility index (Phi) is 8.42. The quantitative estimate of drug-likeness (QED) is 0.371. The fourth-order valence-corrected chi connectivity index (χ4v) is 4.51. The zero-order chi connectivity index (χ0) is 18.9. The molecule has 0 spiro atoms. The van der Waals surface area contributed by atoms with Crippen molar-refractivity contribution >= 4 is 46.5 Å². The molecule has 0 saturated carbocycles. The smallest absolute Gasteiger partial charge is 0.288 e. The molecule has 11 heteroatoms. The first-order valence-corrected chi connectivity index (χ1v) is 10.2. The minimum atomic E-state index is -2.57. The molecule has 1 amide bonds. The van der Waals surface area contributed by atoms with Gasteiger partial charge in [0.15, 0.2) is 0 Å². The lowest BCUT2D eigenvalue weighted by atomic mass is 10.2. The van der Waals surface area contributed by atoms with Crippen molar-refractivity contribution < 1.29 is 13.6 Å². The number of nitrogens with two attached hydrogens (primary N) is 1. The number of rotatable bonds is 9. The highest BCUT2D eigenvalue weighted by Crippen LogP contribution is 2.38. The average Bonchev–Trinajstić information content (AvgIpc) is 3.11. The standard InChI is InChI=1S/C15H17F2N5OS3/c1-19-21-22(13(23)5-6-18)11-3-2-4-12(26-14(16)17)10(11)9-25-15-20-7-8-24-15/h2-4,7-8,14H,5-6,9,18H2,1H3/b21-19-. The monoisotopic (exact) mass is 417 g/mol. The van der Waals surface area contributed by atoms with E-state index in [1.807, 2.05) is 5.38 Å². The second kappa shape index (κ2) is 10.6. The molecule has 6 nitrogen and oxygen atoms in total. The number of amides is 1. The van der Waals surface area contributed by atoms with E-state index >= 15 is 0 Å². The second-order valence-electron chi connectivity index (χ2n) is 4.75. The Hall–Kier alpha value is -1.56. The van der Waals surface area contributed by atoms with Crippen LogP contribution < -0.4 is 10.7 Å². The van der Waals surface area contributed by atoms with Gasteiger partial charge in [0.05, 0.1) is 12.7 Å². The van der Waals surface area contributed by atoms with E-state index in [1.54, 1.807) is 24.4 Å². The third kappa shape index (κ3) is 5.73. The van der Waals surface area contributed by atoms with Gasteiger partial charge in [0.25, 0.3) is 5.76 Å². The molecule has 1 heterocycles. The zero-order valence-corrected chi connectivity index (χ0v) is 16.3. The lowest BCUT2D eigenvalue weighted by molar-refractivity contribution is -0.118. The number of anilines is 1. The number of hydrogen-bond donors (Lipinski definition) is 1. The Bertz CT molecular complexity index is 743. The van der Waals surface area contributed by atoms with Gasteiger partial charge in [-0.05, 0) is 12.1 Å². The molecule has 0 unspecified atom stereocenters. The molecular weight excluding hydrogens is 400 g/mol. The molecule has 0 aliphatic rings. The first-order valence-electron chi connectivity index (χ1n) is 7.48. The maximum absolute atomic E-state index is 13.0. The molecule has 0 aliphatic carbocycles. The lowest BCUT2D eigenvalue weighted by Crippen LogP contribution is -2.28. The number of carbonyl (C=O) groups is 1. The Balaban J connectivity index is 2.42. The third-order valence-electron chi connectivity index (χ3n) is 3.08. The molecule has 2 rings (SSSR count). The summed E-state index contributed by atoms with van der Waals surface area (Å²) in [7, 11) is 1.43. The van der Waals surface area contributed by atoms with Crippen LogP contribution in [0.2, 0.25) is 0 Å². The highest BCUT2D eigenvalue weighted by atomic mass is 32.2. The number of hydrogen-bond acceptors (Lipinski definition) is 8. The van der Waals surface area contributed by atoms with Gasteiger partial charge in [-0.15, -0.1) is 11.3 Å². The summed E-state index contributed by atoms with van der Waals surface area (Å²) in [6, 6.07) is 4.88. The Morgan fingerprint density at radius 2 is 2.27 bits per heavy atom. The molecule has 0 aliphatic heterocycles. The molecule has 0 radical (unpaired) electrons. The number of thiazole rings is 1. The Morgan fingerprint density at radius 1 is 1.46 bits per heavy atom. The Morgan fingerprint density at radius 3 is 2.88 bits per heavy atom. The molecule has 0 fully saturated rings. The van der Waals surface area contributed by atoms with Gasteiger partial charge in [0.2, 0.25) is 5.91 Å². The van der Waals surface area contributed by atoms with Gasteiger partial charge in [0.1, 0.15) is 4.34 Å². The summed E-state index contributed by atoms with van der Waals surface area (Å²) < 4.78 is 26.8. The van der Waals surface area contributed by atoms with Crippen LogP contribution in [0.3, 0.4) is 0 Å². The van der Waals surface area contributed by atoms with E-state index in [9.17, 15) is 13.6 Å². The van der Waals surface area contributed by atoms with Crippen molar-refractivity contribution in [3.8, 4) is 0 Å². The predicted molar refractivity (Wildman–Crippen MR) is 102 cm³/mol. The summed E-state index contributed by atoms with van der Waals surface area (Å²) in [6.45, 7) is 0.156. The van der Waals surface area contributed by atoms with E-state index in [2.05, 4.69) is 15.3 Å². The van der Waals surface area contributed by atoms with E-state index in [-0.39, 0.29) is 18.9 Å². The van der Waals surface area contributed by atoms with Crippen molar-refractivity contribution in [1.29, 1.82) is 0 Å². The maximum atomic E-state index is 13.0. The number of alkyl halides is 2. The number of thioether (sulfide) groups is 2. The summed E-state index contributed by atoms with van der Waals surface area (Å²) in [5.74, 6) is -2.56. The molecule has 0 bridgehead atoms. The molecule has 0 atom stereocenters. The normalized spacial score (nSPS) is 11.4. The first-order chi connectivity index (χ1) is 12.6. The van der Waals surface area contributed by atoms with Gasteiger partial charge < -0.3 is 5.73 Å². The Labute approximate surface area is 162 Å². The fourth-order valence-electron chi connectivity index (χ4n) is 2.07. The maximum Gasteiger partial charge on any atom is 0.288 e. The van der Waals surface area contributed by atoms with Crippen molar-refractivity contribution in [2.24, 2.45) is 16.1 Å². The largest absolute Gasteiger partial charge is 0.330 e. The van der Waals surface area contributed by atoms with Crippen LogP contribution >= 0.6 is 34.9 Å². The minimum absolute atomic E-state index is 0.0737. The van der Waals surface area contributed by atoms with Crippen LogP contribution in [0, 0.1) is 0 Å². The predicted octanol–water partition coefficient (Wildman–Crippen LogP) is 4.43. The van der Waals surface area contributed by atoms with Crippen LogP contribution in [-0.2, 0) is 10.5 Å². The molecule has 140 valence electrons. The second-order valence-corrected chi connectivity index (χ2v) is 7.90. The summed E-state index contributed by atoms with van der Waals surface area (Å²) in [4.78, 5) is 16.9. The SMILES string of the molecule is C/N=N\N(C(=O)CCN)c1cccc(SC(F)F)c1CSc1nccs1. The molecule has 2 N–H and O–H groups in total. The van der Waals surface area contributed by atoms with E-state index in [4.69, 9.17) is 5.73 Å². The highest BCUT2D eigenvalue weighted by Gasteiger charge is 2.22. The minimum Gasteiger partial charge on any atom is -0.330 e. The van der Waals surface area contributed by atoms with Crippen LogP contribution in [0.15, 0.2) is 49.3 Å². The van der Waals surface area contributed by atoms with Gasteiger partial charge in [0, 0.05) is 40.8 Å². The highest BCUT2D eigenvalue weighted by molar-refractivity contribution is 8.00. The van der Waals surface area contributed by atoms with E-state index in [0.29, 0.717) is 33.7 Å². The summed E-state index contributed by atoms with van der Waals surface area (Å²) in [5, 5.41) is 10.5. The average molecular weight is 418 g/mol. The van der Waals surface area contributed by atoms with Gasteiger partial charge >= 0.3 is 0 Å². The summed E-state index contributed by atoms with van der Waals surface area (Å²) in [5.41, 5.74) is 6.46. The number of benzene rings is 1. The van der Waals surface area contributed by atoms with Gasteiger partial charge in [-0.2, -0.15) is 18.9 Å². The van der Waals surface area contributed by atoms with Gasteiger partial charge in [-0.1, -0.05) is 34.8 Å². The first kappa shape index (κ1) is 20.7. The summed E-state index contributed by atoms with van der Waals surface area (Å²) in [6.07, 6.45) is 1.75. The van der Waals surface area contributed by atoms with Crippen LogP contribution in [0.25, 0.3) is 0 Å². The topological polar surface area (TPSA) is 83.9 Å². The van der Waals surface area contributed by atoms with E-state index in [0.717, 1.165) is 9.35 Å². The summed E-state index contributed by atoms with van der Waals surface area (Å²) >= 11 is 3.31. The molecule has 26 heavy (non-hydrogen) atoms. The number of aromatic nitrogens is 1. The van der Waals surface area contributed by atoms with Crippen molar-refractivity contribution in [3.63, 3.8) is 0 Å². The third-order valence-corrected chi connectivity index (χ3v) is 5.88. The van der Waals surface area contributed by atoms with E-state index in [1.165, 1.54) is 30.1 Å². The van der Waals surface area contributed by atoms with Crippen LogP contribution in [0.5, 0.6) is 0 Å². The molecule has 1 aromatic carbocycles. The van der Waals surface area contributed by atoms with Crippen molar-refractivity contribution in [2.45, 2.75) is 27.2 Å². The number of carbonyl (C=O) groups excluding carboxylic acids is 1. The number of halogens is 2. The fraction of sp³-hybridized carbons (Fsp3) is 0.333. The van der Waals surface area contributed by atoms with Crippen LogP contribution in [0.4, 0.5) is 14.5 Å². The van der Waals surface area contributed by atoms with Crippen molar-refractivity contribution in [1.82, 2.24) is 4.98 Å². The molecule has 2 aromatic rings. The van der Waals surface area contributed by atoms with E-state index < -0.39 is 5.76 Å². The van der Waals surface area contributed by atoms with Gasteiger partial charge in [-0.25, -0.2) is 4.98 Å². The number of nitrogens with zero attached hydrogens (tertiary/aromatic N) is 4. The lowest BCUT2D eigenvalue weighted by Gasteiger charge is -2.21.